The Labute approximate surface area is 124 Å². The summed E-state index contributed by atoms with van der Waals surface area (Å²) in [5, 5.41) is 5.12. The van der Waals surface area contributed by atoms with Crippen molar-refractivity contribution >= 4 is 11.8 Å². The zero-order valence-electron chi connectivity index (χ0n) is 12.5. The summed E-state index contributed by atoms with van der Waals surface area (Å²) in [6.07, 6.45) is 0. The van der Waals surface area contributed by atoms with Crippen molar-refractivity contribution in [2.45, 2.75) is 13.8 Å². The van der Waals surface area contributed by atoms with Crippen LogP contribution in [0.15, 0.2) is 24.3 Å². The first-order chi connectivity index (χ1) is 10.1. The molecule has 1 aromatic rings. The third-order valence-electron chi connectivity index (χ3n) is 3.17. The van der Waals surface area contributed by atoms with Gasteiger partial charge in [0, 0.05) is 13.1 Å². The maximum atomic E-state index is 13.4. The Bertz CT molecular complexity index is 476. The van der Waals surface area contributed by atoms with E-state index in [1.807, 2.05) is 0 Å². The molecule has 0 aliphatic rings. The van der Waals surface area contributed by atoms with Crippen LogP contribution in [0.4, 0.5) is 4.39 Å². The van der Waals surface area contributed by atoms with E-state index in [1.165, 1.54) is 18.2 Å². The lowest BCUT2D eigenvalue weighted by Crippen LogP contribution is -2.40. The maximum absolute atomic E-state index is 13.4. The van der Waals surface area contributed by atoms with Gasteiger partial charge in [-0.15, -0.1) is 0 Å². The van der Waals surface area contributed by atoms with Gasteiger partial charge in [0.25, 0.3) is 5.91 Å². The van der Waals surface area contributed by atoms with Gasteiger partial charge in [0.05, 0.1) is 12.1 Å². The van der Waals surface area contributed by atoms with Gasteiger partial charge in [-0.2, -0.15) is 0 Å². The monoisotopic (exact) mass is 295 g/mol. The average molecular weight is 295 g/mol. The van der Waals surface area contributed by atoms with E-state index in [4.69, 9.17) is 0 Å². The smallest absolute Gasteiger partial charge is 0.254 e. The highest BCUT2D eigenvalue weighted by molar-refractivity contribution is 5.96. The molecule has 0 aromatic heterocycles. The van der Waals surface area contributed by atoms with Crippen LogP contribution in [0.25, 0.3) is 0 Å². The van der Waals surface area contributed by atoms with Crippen molar-refractivity contribution in [2.75, 3.05) is 32.7 Å². The van der Waals surface area contributed by atoms with Gasteiger partial charge in [0.2, 0.25) is 5.91 Å². The topological polar surface area (TPSA) is 61.4 Å². The molecule has 21 heavy (non-hydrogen) atoms. The van der Waals surface area contributed by atoms with Gasteiger partial charge in [-0.3, -0.25) is 9.59 Å². The zero-order valence-corrected chi connectivity index (χ0v) is 12.5. The second-order valence-electron chi connectivity index (χ2n) is 4.54. The fraction of sp³-hybridized carbons (Fsp3) is 0.467. The van der Waals surface area contributed by atoms with Gasteiger partial charge in [0.15, 0.2) is 0 Å². The quantitative estimate of drug-likeness (QED) is 0.752. The number of nitrogens with zero attached hydrogens (tertiary/aromatic N) is 1. The first kappa shape index (κ1) is 17.1. The second kappa shape index (κ2) is 9.07. The van der Waals surface area contributed by atoms with Gasteiger partial charge < -0.3 is 15.5 Å². The standard InChI is InChI=1S/C15H22FN3O2/c1-3-19(4-2)10-9-17-14(20)11-18-15(21)12-7-5-6-8-13(12)16/h5-8H,3-4,9-11H2,1-2H3,(H,17,20)(H,18,21). The van der Waals surface area contributed by atoms with Gasteiger partial charge >= 0.3 is 0 Å². The number of nitrogens with one attached hydrogen (secondary N) is 2. The number of hydrogen-bond acceptors (Lipinski definition) is 3. The van der Waals surface area contributed by atoms with E-state index in [0.717, 1.165) is 19.6 Å². The maximum Gasteiger partial charge on any atom is 0.254 e. The van der Waals surface area contributed by atoms with Crippen LogP contribution in [0.3, 0.4) is 0 Å². The molecule has 1 rings (SSSR count). The second-order valence-corrected chi connectivity index (χ2v) is 4.54. The molecule has 0 aliphatic heterocycles. The van der Waals surface area contributed by atoms with Crippen LogP contribution in [0, 0.1) is 5.82 Å². The Hall–Kier alpha value is -1.95. The molecule has 0 saturated carbocycles. The van der Waals surface area contributed by atoms with Gasteiger partial charge in [-0.25, -0.2) is 4.39 Å². The Morgan fingerprint density at radius 2 is 1.81 bits per heavy atom. The highest BCUT2D eigenvalue weighted by Gasteiger charge is 2.11. The number of rotatable bonds is 8. The molecule has 0 radical (unpaired) electrons. The van der Waals surface area contributed by atoms with Crippen molar-refractivity contribution in [3.05, 3.63) is 35.6 Å². The normalized spacial score (nSPS) is 10.5. The summed E-state index contributed by atoms with van der Waals surface area (Å²) in [5.41, 5.74) is -0.0616. The zero-order chi connectivity index (χ0) is 15.7. The number of carbonyl (C=O) groups is 2. The van der Waals surface area contributed by atoms with E-state index < -0.39 is 11.7 Å². The summed E-state index contributed by atoms with van der Waals surface area (Å²) >= 11 is 0. The summed E-state index contributed by atoms with van der Waals surface area (Å²) in [7, 11) is 0. The van der Waals surface area contributed by atoms with Crippen LogP contribution in [0.2, 0.25) is 0 Å². The van der Waals surface area contributed by atoms with E-state index in [-0.39, 0.29) is 18.0 Å². The number of amides is 2. The Balaban J connectivity index is 2.30. The molecule has 1 aromatic carbocycles. The predicted octanol–water partition coefficient (Wildman–Crippen LogP) is 1.01. The molecule has 0 bridgehead atoms. The minimum absolute atomic E-state index is 0.0616. The summed E-state index contributed by atoms with van der Waals surface area (Å²) < 4.78 is 13.4. The van der Waals surface area contributed by atoms with E-state index in [2.05, 4.69) is 29.4 Å². The highest BCUT2D eigenvalue weighted by Crippen LogP contribution is 2.05. The van der Waals surface area contributed by atoms with E-state index in [0.29, 0.717) is 6.54 Å². The summed E-state index contributed by atoms with van der Waals surface area (Å²) in [6, 6.07) is 5.66. The van der Waals surface area contributed by atoms with E-state index in [1.54, 1.807) is 6.07 Å². The summed E-state index contributed by atoms with van der Waals surface area (Å²) in [4.78, 5) is 25.5. The Morgan fingerprint density at radius 3 is 2.43 bits per heavy atom. The Kier molecular flexibility index (Phi) is 7.39. The van der Waals surface area contributed by atoms with Crippen molar-refractivity contribution in [3.8, 4) is 0 Å². The van der Waals surface area contributed by atoms with Crippen molar-refractivity contribution < 1.29 is 14.0 Å². The molecular weight excluding hydrogens is 273 g/mol. The lowest BCUT2D eigenvalue weighted by molar-refractivity contribution is -0.120. The molecule has 0 fully saturated rings. The molecule has 5 nitrogen and oxygen atoms in total. The molecule has 0 unspecified atom stereocenters. The molecule has 0 heterocycles. The van der Waals surface area contributed by atoms with E-state index >= 15 is 0 Å². The molecular formula is C15H22FN3O2. The molecule has 0 aliphatic carbocycles. The number of carbonyl (C=O) groups excluding carboxylic acids is 2. The lowest BCUT2D eigenvalue weighted by Gasteiger charge is -2.18. The third-order valence-corrected chi connectivity index (χ3v) is 3.17. The fourth-order valence-corrected chi connectivity index (χ4v) is 1.86. The number of benzene rings is 1. The molecule has 2 N–H and O–H groups in total. The SMILES string of the molecule is CCN(CC)CCNC(=O)CNC(=O)c1ccccc1F. The lowest BCUT2D eigenvalue weighted by atomic mass is 10.2. The van der Waals surface area contributed by atoms with Crippen molar-refractivity contribution in [1.82, 2.24) is 15.5 Å². The van der Waals surface area contributed by atoms with E-state index in [9.17, 15) is 14.0 Å². The van der Waals surface area contributed by atoms with Gasteiger partial charge in [-0.05, 0) is 25.2 Å². The van der Waals surface area contributed by atoms with Gasteiger partial charge in [0.1, 0.15) is 5.82 Å². The van der Waals surface area contributed by atoms with Crippen LogP contribution >= 0.6 is 0 Å². The largest absolute Gasteiger partial charge is 0.353 e. The molecule has 116 valence electrons. The van der Waals surface area contributed by atoms with Crippen LogP contribution in [-0.4, -0.2) is 49.4 Å². The molecule has 0 saturated heterocycles. The van der Waals surface area contributed by atoms with Crippen molar-refractivity contribution in [2.24, 2.45) is 0 Å². The van der Waals surface area contributed by atoms with Crippen LogP contribution < -0.4 is 10.6 Å². The first-order valence-electron chi connectivity index (χ1n) is 7.10. The minimum atomic E-state index is -0.600. The predicted molar refractivity (Wildman–Crippen MR) is 79.5 cm³/mol. The molecule has 2 amide bonds. The Morgan fingerprint density at radius 1 is 1.14 bits per heavy atom. The summed E-state index contributed by atoms with van der Waals surface area (Å²) in [6.45, 7) is 7.09. The fourth-order valence-electron chi connectivity index (χ4n) is 1.86. The van der Waals surface area contributed by atoms with Crippen molar-refractivity contribution in [1.29, 1.82) is 0 Å². The third kappa shape index (κ3) is 5.91. The van der Waals surface area contributed by atoms with Crippen LogP contribution in [0.1, 0.15) is 24.2 Å². The highest BCUT2D eigenvalue weighted by atomic mass is 19.1. The number of likely N-dealkylation sites (N-methyl/N-ethyl adjacent to an activating group) is 1. The molecule has 0 atom stereocenters. The van der Waals surface area contributed by atoms with Crippen LogP contribution in [0.5, 0.6) is 0 Å². The number of hydrogen-bond donors (Lipinski definition) is 2. The van der Waals surface area contributed by atoms with Crippen LogP contribution in [-0.2, 0) is 4.79 Å². The van der Waals surface area contributed by atoms with Crippen molar-refractivity contribution in [3.63, 3.8) is 0 Å². The minimum Gasteiger partial charge on any atom is -0.353 e. The molecule has 6 heteroatoms. The first-order valence-corrected chi connectivity index (χ1v) is 7.10. The average Bonchev–Trinajstić information content (AvgIpc) is 2.49. The van der Waals surface area contributed by atoms with Gasteiger partial charge in [-0.1, -0.05) is 26.0 Å². The summed E-state index contributed by atoms with van der Waals surface area (Å²) in [5.74, 6) is -1.48. The molecule has 0 spiro atoms. The number of halogens is 1.